The lowest BCUT2D eigenvalue weighted by molar-refractivity contribution is 0.540. The van der Waals surface area contributed by atoms with E-state index in [0.29, 0.717) is 5.92 Å². The third kappa shape index (κ3) is 3.25. The molecule has 4 heteroatoms. The molecular formula is C15H24N4. The standard InChI is InChI=1S/C15H24N4/c1-4-5-6-7-8-13(14-16-9-11-18(14)2)15-17-10-12-19(15)3/h9-13H,4-8H2,1-3H3. The number of hydrogen-bond acceptors (Lipinski definition) is 2. The Hall–Kier alpha value is -1.58. The Kier molecular flexibility index (Phi) is 4.77. The van der Waals surface area contributed by atoms with Gasteiger partial charge in [0.1, 0.15) is 11.6 Å². The molecule has 0 saturated heterocycles. The number of nitrogens with zero attached hydrogens (tertiary/aromatic N) is 4. The van der Waals surface area contributed by atoms with Crippen LogP contribution in [0.4, 0.5) is 0 Å². The van der Waals surface area contributed by atoms with Gasteiger partial charge >= 0.3 is 0 Å². The molecular weight excluding hydrogens is 236 g/mol. The van der Waals surface area contributed by atoms with Crippen molar-refractivity contribution in [2.45, 2.75) is 44.9 Å². The van der Waals surface area contributed by atoms with Crippen LogP contribution in [0.2, 0.25) is 0 Å². The number of imidazole rings is 2. The molecule has 0 aliphatic carbocycles. The molecule has 0 radical (unpaired) electrons. The quantitative estimate of drug-likeness (QED) is 0.716. The summed E-state index contributed by atoms with van der Waals surface area (Å²) in [5.41, 5.74) is 0. The molecule has 0 bridgehead atoms. The molecule has 2 rings (SSSR count). The van der Waals surface area contributed by atoms with Gasteiger partial charge in [-0.2, -0.15) is 0 Å². The first-order chi connectivity index (χ1) is 9.24. The van der Waals surface area contributed by atoms with Gasteiger partial charge in [-0.3, -0.25) is 0 Å². The van der Waals surface area contributed by atoms with E-state index in [9.17, 15) is 0 Å². The smallest absolute Gasteiger partial charge is 0.119 e. The maximum atomic E-state index is 4.52. The van der Waals surface area contributed by atoms with E-state index in [1.807, 2.05) is 24.8 Å². The van der Waals surface area contributed by atoms with Crippen LogP contribution in [-0.2, 0) is 14.1 Å². The maximum absolute atomic E-state index is 4.52. The van der Waals surface area contributed by atoms with Crippen LogP contribution < -0.4 is 0 Å². The van der Waals surface area contributed by atoms with Gasteiger partial charge in [0.15, 0.2) is 0 Å². The van der Waals surface area contributed by atoms with Crippen molar-refractivity contribution in [2.24, 2.45) is 14.1 Å². The molecule has 0 unspecified atom stereocenters. The highest BCUT2D eigenvalue weighted by Crippen LogP contribution is 2.27. The summed E-state index contributed by atoms with van der Waals surface area (Å²) >= 11 is 0. The Balaban J connectivity index is 2.15. The highest BCUT2D eigenvalue weighted by atomic mass is 15.1. The van der Waals surface area contributed by atoms with Crippen LogP contribution in [0.1, 0.15) is 56.6 Å². The monoisotopic (exact) mass is 260 g/mol. The van der Waals surface area contributed by atoms with Gasteiger partial charge in [-0.25, -0.2) is 9.97 Å². The Morgan fingerprint density at radius 2 is 1.53 bits per heavy atom. The van der Waals surface area contributed by atoms with Crippen LogP contribution >= 0.6 is 0 Å². The second-order valence-electron chi connectivity index (χ2n) is 5.19. The van der Waals surface area contributed by atoms with Crippen molar-refractivity contribution >= 4 is 0 Å². The van der Waals surface area contributed by atoms with E-state index in [4.69, 9.17) is 0 Å². The molecule has 0 aliphatic heterocycles. The molecule has 104 valence electrons. The molecule has 0 N–H and O–H groups in total. The second-order valence-corrected chi connectivity index (χ2v) is 5.19. The fourth-order valence-electron chi connectivity index (χ4n) is 2.57. The predicted molar refractivity (Wildman–Crippen MR) is 77.0 cm³/mol. The first-order valence-electron chi connectivity index (χ1n) is 7.18. The zero-order chi connectivity index (χ0) is 13.7. The van der Waals surface area contributed by atoms with Gasteiger partial charge in [-0.1, -0.05) is 32.6 Å². The highest BCUT2D eigenvalue weighted by molar-refractivity contribution is 5.13. The predicted octanol–water partition coefficient (Wildman–Crippen LogP) is 3.26. The minimum atomic E-state index is 0.303. The first-order valence-corrected chi connectivity index (χ1v) is 7.18. The van der Waals surface area contributed by atoms with Crippen LogP contribution in [0.5, 0.6) is 0 Å². The molecule has 19 heavy (non-hydrogen) atoms. The van der Waals surface area contributed by atoms with E-state index in [1.54, 1.807) is 0 Å². The van der Waals surface area contributed by atoms with Crippen molar-refractivity contribution in [1.82, 2.24) is 19.1 Å². The normalized spacial score (nSPS) is 11.4. The zero-order valence-corrected chi connectivity index (χ0v) is 12.2. The van der Waals surface area contributed by atoms with Crippen molar-refractivity contribution in [3.8, 4) is 0 Å². The molecule has 0 amide bonds. The van der Waals surface area contributed by atoms with Crippen molar-refractivity contribution in [3.63, 3.8) is 0 Å². The van der Waals surface area contributed by atoms with Crippen LogP contribution in [-0.4, -0.2) is 19.1 Å². The van der Waals surface area contributed by atoms with E-state index >= 15 is 0 Å². The summed E-state index contributed by atoms with van der Waals surface area (Å²) in [6.07, 6.45) is 14.0. The summed E-state index contributed by atoms with van der Waals surface area (Å²) in [6.45, 7) is 2.25. The molecule has 4 nitrogen and oxygen atoms in total. The molecule has 2 heterocycles. The fourth-order valence-corrected chi connectivity index (χ4v) is 2.57. The molecule has 2 aromatic heterocycles. The van der Waals surface area contributed by atoms with Gasteiger partial charge in [-0.05, 0) is 6.42 Å². The molecule has 0 aliphatic rings. The Morgan fingerprint density at radius 3 is 1.95 bits per heavy atom. The third-order valence-electron chi connectivity index (χ3n) is 3.69. The third-order valence-corrected chi connectivity index (χ3v) is 3.69. The Bertz CT molecular complexity index is 457. The molecule has 0 fully saturated rings. The van der Waals surface area contributed by atoms with Crippen molar-refractivity contribution in [3.05, 3.63) is 36.4 Å². The SMILES string of the molecule is CCCCCCC(c1nccn1C)c1nccn1C. The molecule has 0 saturated carbocycles. The summed E-state index contributed by atoms with van der Waals surface area (Å²) in [6, 6.07) is 0. The average Bonchev–Trinajstić information content (AvgIpc) is 2.99. The van der Waals surface area contributed by atoms with E-state index in [2.05, 4.69) is 40.1 Å². The van der Waals surface area contributed by atoms with Crippen LogP contribution in [0.3, 0.4) is 0 Å². The average molecular weight is 260 g/mol. The van der Waals surface area contributed by atoms with Gasteiger partial charge in [0.05, 0.1) is 5.92 Å². The van der Waals surface area contributed by atoms with E-state index in [-0.39, 0.29) is 0 Å². The van der Waals surface area contributed by atoms with E-state index < -0.39 is 0 Å². The fraction of sp³-hybridized carbons (Fsp3) is 0.600. The minimum Gasteiger partial charge on any atom is -0.337 e. The number of hydrogen-bond donors (Lipinski definition) is 0. The Morgan fingerprint density at radius 1 is 0.947 bits per heavy atom. The lowest BCUT2D eigenvalue weighted by atomic mass is 9.99. The summed E-state index contributed by atoms with van der Waals surface area (Å²) < 4.78 is 4.22. The highest BCUT2D eigenvalue weighted by Gasteiger charge is 2.21. The number of unbranched alkanes of at least 4 members (excludes halogenated alkanes) is 3. The number of rotatable bonds is 7. The maximum Gasteiger partial charge on any atom is 0.119 e. The van der Waals surface area contributed by atoms with Crippen LogP contribution in [0, 0.1) is 0 Å². The second kappa shape index (κ2) is 6.55. The Labute approximate surface area is 115 Å². The lowest BCUT2D eigenvalue weighted by Gasteiger charge is -2.16. The van der Waals surface area contributed by atoms with Gasteiger partial charge < -0.3 is 9.13 Å². The minimum absolute atomic E-state index is 0.303. The van der Waals surface area contributed by atoms with Crippen LogP contribution in [0.25, 0.3) is 0 Å². The molecule has 0 atom stereocenters. The lowest BCUT2D eigenvalue weighted by Crippen LogP contribution is -2.12. The first kappa shape index (κ1) is 13.8. The summed E-state index contributed by atoms with van der Waals surface area (Å²) in [7, 11) is 4.12. The van der Waals surface area contributed by atoms with Gasteiger partial charge in [0.25, 0.3) is 0 Å². The summed E-state index contributed by atoms with van der Waals surface area (Å²) in [4.78, 5) is 9.04. The largest absolute Gasteiger partial charge is 0.337 e. The summed E-state index contributed by atoms with van der Waals surface area (Å²) in [5.74, 6) is 2.54. The zero-order valence-electron chi connectivity index (χ0n) is 12.2. The van der Waals surface area contributed by atoms with Crippen molar-refractivity contribution < 1.29 is 0 Å². The van der Waals surface area contributed by atoms with E-state index in [0.717, 1.165) is 18.1 Å². The molecule has 0 spiro atoms. The number of aromatic nitrogens is 4. The van der Waals surface area contributed by atoms with Crippen molar-refractivity contribution in [2.75, 3.05) is 0 Å². The summed E-state index contributed by atoms with van der Waals surface area (Å²) in [5, 5.41) is 0. The van der Waals surface area contributed by atoms with Gasteiger partial charge in [0.2, 0.25) is 0 Å². The van der Waals surface area contributed by atoms with Gasteiger partial charge in [-0.15, -0.1) is 0 Å². The van der Waals surface area contributed by atoms with Crippen LogP contribution in [0.15, 0.2) is 24.8 Å². The van der Waals surface area contributed by atoms with E-state index in [1.165, 1.54) is 25.7 Å². The molecule has 2 aromatic rings. The van der Waals surface area contributed by atoms with Gasteiger partial charge in [0, 0.05) is 38.9 Å². The topological polar surface area (TPSA) is 35.6 Å². The van der Waals surface area contributed by atoms with Crippen molar-refractivity contribution in [1.29, 1.82) is 0 Å². The molecule has 0 aromatic carbocycles. The number of aryl methyl sites for hydroxylation is 2.